The lowest BCUT2D eigenvalue weighted by molar-refractivity contribution is -0.118. The van der Waals surface area contributed by atoms with Gasteiger partial charge in [-0.3, -0.25) is 4.79 Å². The molecule has 1 aromatic rings. The van der Waals surface area contributed by atoms with E-state index in [4.69, 9.17) is 11.0 Å². The molecule has 1 heterocycles. The van der Waals surface area contributed by atoms with Crippen molar-refractivity contribution < 1.29 is 4.79 Å². The Morgan fingerprint density at radius 2 is 2.26 bits per heavy atom. The fourth-order valence-corrected chi connectivity index (χ4v) is 2.32. The second-order valence-electron chi connectivity index (χ2n) is 4.81. The molecule has 3 N–H and O–H groups in total. The summed E-state index contributed by atoms with van der Waals surface area (Å²) in [6.07, 6.45) is 5.33. The monoisotopic (exact) mass is 258 g/mol. The highest BCUT2D eigenvalue weighted by Gasteiger charge is 2.14. The van der Waals surface area contributed by atoms with Gasteiger partial charge in [0.1, 0.15) is 11.9 Å². The molecule has 2 rings (SSSR count). The number of hydrogen-bond acceptors (Lipinski definition) is 4. The molecule has 0 bridgehead atoms. The number of pyridine rings is 1. The normalized spacial score (nSPS) is 13.4. The first kappa shape index (κ1) is 13.3. The van der Waals surface area contributed by atoms with Gasteiger partial charge in [-0.15, -0.1) is 0 Å². The molecule has 19 heavy (non-hydrogen) atoms. The summed E-state index contributed by atoms with van der Waals surface area (Å²) in [5.74, 6) is 0.327. The number of nitriles is 1. The number of hydrogen-bond donors (Lipinski definition) is 2. The van der Waals surface area contributed by atoms with E-state index in [-0.39, 0.29) is 5.91 Å². The van der Waals surface area contributed by atoms with Crippen LogP contribution < -0.4 is 11.1 Å². The van der Waals surface area contributed by atoms with Gasteiger partial charge in [0.05, 0.1) is 5.56 Å². The van der Waals surface area contributed by atoms with Crippen molar-refractivity contribution in [2.75, 3.05) is 11.9 Å². The van der Waals surface area contributed by atoms with Crippen LogP contribution >= 0.6 is 0 Å². The van der Waals surface area contributed by atoms with Crippen molar-refractivity contribution in [3.63, 3.8) is 0 Å². The average molecular weight is 258 g/mol. The lowest BCUT2D eigenvalue weighted by atomic mass is 9.95. The number of carbonyl (C=O) groups excluding carboxylic acids is 1. The van der Waals surface area contributed by atoms with Crippen molar-refractivity contribution in [2.45, 2.75) is 38.5 Å². The van der Waals surface area contributed by atoms with E-state index >= 15 is 0 Å². The quantitative estimate of drug-likeness (QED) is 0.783. The molecule has 100 valence electrons. The van der Waals surface area contributed by atoms with Gasteiger partial charge in [0.25, 0.3) is 0 Å². The van der Waals surface area contributed by atoms with Crippen LogP contribution in [0.5, 0.6) is 0 Å². The Morgan fingerprint density at radius 3 is 3.00 bits per heavy atom. The SMILES string of the molecule is N#Cc1cc2c(nc1NCCCC(N)=O)CCCC2. The highest BCUT2D eigenvalue weighted by atomic mass is 16.1. The Kier molecular flexibility index (Phi) is 4.35. The third-order valence-corrected chi connectivity index (χ3v) is 3.31. The van der Waals surface area contributed by atoms with Gasteiger partial charge in [0.15, 0.2) is 0 Å². The van der Waals surface area contributed by atoms with Crippen molar-refractivity contribution in [1.82, 2.24) is 4.98 Å². The zero-order valence-corrected chi connectivity index (χ0v) is 10.9. The first-order valence-electron chi connectivity index (χ1n) is 6.66. The maximum absolute atomic E-state index is 10.7. The molecule has 0 radical (unpaired) electrons. The number of nitrogens with one attached hydrogen (secondary N) is 1. The largest absolute Gasteiger partial charge is 0.370 e. The number of carbonyl (C=O) groups is 1. The van der Waals surface area contributed by atoms with E-state index in [2.05, 4.69) is 16.4 Å². The van der Waals surface area contributed by atoms with Crippen LogP contribution in [0, 0.1) is 11.3 Å². The van der Waals surface area contributed by atoms with E-state index in [1.807, 2.05) is 6.07 Å². The number of nitrogens with zero attached hydrogens (tertiary/aromatic N) is 2. The van der Waals surface area contributed by atoms with Crippen LogP contribution in [0.3, 0.4) is 0 Å². The van der Waals surface area contributed by atoms with Crippen LogP contribution in [0.25, 0.3) is 0 Å². The molecule has 5 heteroatoms. The zero-order chi connectivity index (χ0) is 13.7. The predicted octanol–water partition coefficient (Wildman–Crippen LogP) is 1.51. The minimum Gasteiger partial charge on any atom is -0.370 e. The molecule has 0 fully saturated rings. The van der Waals surface area contributed by atoms with E-state index in [9.17, 15) is 4.79 Å². The summed E-state index contributed by atoms with van der Waals surface area (Å²) in [6, 6.07) is 4.12. The molecule has 0 saturated heterocycles. The van der Waals surface area contributed by atoms with Gasteiger partial charge in [-0.1, -0.05) is 0 Å². The minimum atomic E-state index is -0.305. The lowest BCUT2D eigenvalue weighted by Crippen LogP contribution is -2.14. The molecule has 0 aliphatic heterocycles. The number of aromatic nitrogens is 1. The second kappa shape index (κ2) is 6.19. The van der Waals surface area contributed by atoms with E-state index in [0.29, 0.717) is 30.8 Å². The van der Waals surface area contributed by atoms with Crippen LogP contribution in [0.15, 0.2) is 6.07 Å². The summed E-state index contributed by atoms with van der Waals surface area (Å²) in [5.41, 5.74) is 7.97. The van der Waals surface area contributed by atoms with Crippen molar-refractivity contribution in [3.8, 4) is 6.07 Å². The number of nitrogens with two attached hydrogens (primary N) is 1. The minimum absolute atomic E-state index is 0.305. The summed E-state index contributed by atoms with van der Waals surface area (Å²) >= 11 is 0. The molecular formula is C14H18N4O. The standard InChI is InChI=1S/C14H18N4O/c15-9-11-8-10-4-1-2-5-12(10)18-14(11)17-7-3-6-13(16)19/h8H,1-7H2,(H2,16,19)(H,17,18). The molecule has 0 spiro atoms. The van der Waals surface area contributed by atoms with Gasteiger partial charge in [-0.25, -0.2) is 4.98 Å². The second-order valence-corrected chi connectivity index (χ2v) is 4.81. The van der Waals surface area contributed by atoms with Crippen LogP contribution in [0.2, 0.25) is 0 Å². The maximum Gasteiger partial charge on any atom is 0.217 e. The Bertz CT molecular complexity index is 519. The topological polar surface area (TPSA) is 91.8 Å². The van der Waals surface area contributed by atoms with Crippen molar-refractivity contribution in [3.05, 3.63) is 22.9 Å². The van der Waals surface area contributed by atoms with Crippen LogP contribution in [-0.4, -0.2) is 17.4 Å². The molecule has 0 aromatic carbocycles. The lowest BCUT2D eigenvalue weighted by Gasteiger charge is -2.17. The van der Waals surface area contributed by atoms with Crippen molar-refractivity contribution in [2.24, 2.45) is 5.73 Å². The zero-order valence-electron chi connectivity index (χ0n) is 10.9. The van der Waals surface area contributed by atoms with Crippen LogP contribution in [0.4, 0.5) is 5.82 Å². The molecule has 0 atom stereocenters. The fourth-order valence-electron chi connectivity index (χ4n) is 2.32. The van der Waals surface area contributed by atoms with Crippen molar-refractivity contribution >= 4 is 11.7 Å². The van der Waals surface area contributed by atoms with Crippen LogP contribution in [-0.2, 0) is 17.6 Å². The summed E-state index contributed by atoms with van der Waals surface area (Å²) in [6.45, 7) is 0.601. The summed E-state index contributed by atoms with van der Waals surface area (Å²) in [7, 11) is 0. The Labute approximate surface area is 112 Å². The first-order valence-corrected chi connectivity index (χ1v) is 6.66. The van der Waals surface area contributed by atoms with Gasteiger partial charge in [-0.2, -0.15) is 5.26 Å². The number of fused-ring (bicyclic) bond motifs is 1. The first-order chi connectivity index (χ1) is 9.20. The van der Waals surface area contributed by atoms with E-state index in [1.54, 1.807) is 0 Å². The number of aryl methyl sites for hydroxylation is 2. The smallest absolute Gasteiger partial charge is 0.217 e. The van der Waals surface area contributed by atoms with E-state index in [1.165, 1.54) is 12.0 Å². The summed E-state index contributed by atoms with van der Waals surface area (Å²) in [4.78, 5) is 15.2. The van der Waals surface area contributed by atoms with Gasteiger partial charge in [-0.05, 0) is 43.7 Å². The fraction of sp³-hybridized carbons (Fsp3) is 0.500. The number of rotatable bonds is 5. The number of amides is 1. The Hall–Kier alpha value is -2.09. The highest BCUT2D eigenvalue weighted by molar-refractivity contribution is 5.73. The van der Waals surface area contributed by atoms with Crippen molar-refractivity contribution in [1.29, 1.82) is 5.26 Å². The molecular weight excluding hydrogens is 240 g/mol. The summed E-state index contributed by atoms with van der Waals surface area (Å²) < 4.78 is 0. The number of anilines is 1. The predicted molar refractivity (Wildman–Crippen MR) is 72.5 cm³/mol. The average Bonchev–Trinajstić information content (AvgIpc) is 2.42. The highest BCUT2D eigenvalue weighted by Crippen LogP contribution is 2.24. The Morgan fingerprint density at radius 1 is 1.47 bits per heavy atom. The molecule has 1 amide bonds. The van der Waals surface area contributed by atoms with Gasteiger partial charge in [0, 0.05) is 18.7 Å². The molecule has 1 aliphatic carbocycles. The van der Waals surface area contributed by atoms with E-state index in [0.717, 1.165) is 25.0 Å². The van der Waals surface area contributed by atoms with E-state index < -0.39 is 0 Å². The molecule has 0 saturated carbocycles. The third kappa shape index (κ3) is 3.44. The Balaban J connectivity index is 2.06. The maximum atomic E-state index is 10.7. The van der Waals surface area contributed by atoms with Crippen LogP contribution in [0.1, 0.15) is 42.5 Å². The third-order valence-electron chi connectivity index (χ3n) is 3.31. The van der Waals surface area contributed by atoms with Gasteiger partial charge in [0.2, 0.25) is 5.91 Å². The van der Waals surface area contributed by atoms with Gasteiger partial charge < -0.3 is 11.1 Å². The molecule has 0 unspecified atom stereocenters. The molecule has 1 aromatic heterocycles. The van der Waals surface area contributed by atoms with Gasteiger partial charge >= 0.3 is 0 Å². The summed E-state index contributed by atoms with van der Waals surface area (Å²) in [5, 5.41) is 12.3. The number of primary amides is 1. The molecule has 5 nitrogen and oxygen atoms in total. The molecule has 1 aliphatic rings.